The number of halogens is 1. The van der Waals surface area contributed by atoms with E-state index >= 15 is 0 Å². The molecule has 0 spiro atoms. The van der Waals surface area contributed by atoms with Crippen LogP contribution in [-0.4, -0.2) is 62.8 Å². The predicted octanol–water partition coefficient (Wildman–Crippen LogP) is 1.70. The third-order valence-electron chi connectivity index (χ3n) is 5.15. The molecule has 0 saturated carbocycles. The first-order valence-electron chi connectivity index (χ1n) is 9.88. The molecule has 1 aliphatic heterocycles. The fourth-order valence-corrected chi connectivity index (χ4v) is 4.07. The SMILES string of the molecule is NS(=O)(=O)c1ccc(NC(=O)CCN2CCN(C(=O)Cc3ccccc3Cl)CC2)cc1. The molecule has 2 aromatic rings. The smallest absolute Gasteiger partial charge is 0.238 e. The van der Waals surface area contributed by atoms with Crippen LogP contribution in [-0.2, 0) is 26.0 Å². The highest BCUT2D eigenvalue weighted by molar-refractivity contribution is 7.89. The monoisotopic (exact) mass is 464 g/mol. The van der Waals surface area contributed by atoms with Crippen LogP contribution in [0.1, 0.15) is 12.0 Å². The lowest BCUT2D eigenvalue weighted by Crippen LogP contribution is -2.49. The Labute approximate surface area is 187 Å². The largest absolute Gasteiger partial charge is 0.340 e. The van der Waals surface area contributed by atoms with Crippen molar-refractivity contribution in [2.24, 2.45) is 5.14 Å². The molecule has 8 nitrogen and oxygen atoms in total. The average molecular weight is 465 g/mol. The quantitative estimate of drug-likeness (QED) is 0.647. The molecule has 0 aromatic heterocycles. The molecule has 3 rings (SSSR count). The summed E-state index contributed by atoms with van der Waals surface area (Å²) >= 11 is 6.14. The van der Waals surface area contributed by atoms with Crippen molar-refractivity contribution in [1.29, 1.82) is 0 Å². The highest BCUT2D eigenvalue weighted by atomic mass is 35.5. The highest BCUT2D eigenvalue weighted by Gasteiger charge is 2.22. The molecule has 3 N–H and O–H groups in total. The zero-order chi connectivity index (χ0) is 22.4. The Bertz CT molecular complexity index is 1040. The van der Waals surface area contributed by atoms with Crippen LogP contribution in [0.3, 0.4) is 0 Å². The van der Waals surface area contributed by atoms with Crippen molar-refractivity contribution < 1.29 is 18.0 Å². The van der Waals surface area contributed by atoms with Gasteiger partial charge in [-0.05, 0) is 35.9 Å². The normalized spacial score (nSPS) is 15.0. The van der Waals surface area contributed by atoms with E-state index in [1.54, 1.807) is 6.07 Å². The summed E-state index contributed by atoms with van der Waals surface area (Å²) in [5, 5.41) is 8.40. The Morgan fingerprint density at radius 3 is 2.26 bits per heavy atom. The molecule has 0 atom stereocenters. The minimum absolute atomic E-state index is 0.00699. The van der Waals surface area contributed by atoms with E-state index in [0.717, 1.165) is 5.56 Å². The van der Waals surface area contributed by atoms with Gasteiger partial charge in [-0.1, -0.05) is 29.8 Å². The van der Waals surface area contributed by atoms with Gasteiger partial charge < -0.3 is 10.2 Å². The van der Waals surface area contributed by atoms with Crippen molar-refractivity contribution in [3.63, 3.8) is 0 Å². The third-order valence-corrected chi connectivity index (χ3v) is 6.44. The summed E-state index contributed by atoms with van der Waals surface area (Å²) in [4.78, 5) is 28.7. The molecule has 10 heteroatoms. The molecular weight excluding hydrogens is 440 g/mol. The number of carbonyl (C=O) groups excluding carboxylic acids is 2. The van der Waals surface area contributed by atoms with Gasteiger partial charge >= 0.3 is 0 Å². The number of piperazine rings is 1. The first-order chi connectivity index (χ1) is 14.7. The van der Waals surface area contributed by atoms with Crippen LogP contribution in [0.15, 0.2) is 53.4 Å². The van der Waals surface area contributed by atoms with E-state index in [2.05, 4.69) is 10.2 Å². The summed E-state index contributed by atoms with van der Waals surface area (Å²) in [7, 11) is -3.76. The first-order valence-corrected chi connectivity index (χ1v) is 11.8. The lowest BCUT2D eigenvalue weighted by molar-refractivity contribution is -0.132. The molecular formula is C21H25ClN4O4S. The molecule has 1 saturated heterocycles. The van der Waals surface area contributed by atoms with E-state index < -0.39 is 10.0 Å². The van der Waals surface area contributed by atoms with Crippen molar-refractivity contribution in [3.05, 3.63) is 59.1 Å². The Morgan fingerprint density at radius 1 is 1.00 bits per heavy atom. The number of carbonyl (C=O) groups is 2. The van der Waals surface area contributed by atoms with Crippen LogP contribution in [0.25, 0.3) is 0 Å². The predicted molar refractivity (Wildman–Crippen MR) is 119 cm³/mol. The molecule has 0 aliphatic carbocycles. The van der Waals surface area contributed by atoms with Gasteiger partial charge in [-0.3, -0.25) is 14.5 Å². The van der Waals surface area contributed by atoms with Crippen molar-refractivity contribution in [1.82, 2.24) is 9.80 Å². The maximum atomic E-state index is 12.5. The van der Waals surface area contributed by atoms with E-state index in [0.29, 0.717) is 49.9 Å². The number of nitrogens with zero attached hydrogens (tertiary/aromatic N) is 2. The topological polar surface area (TPSA) is 113 Å². The number of nitrogens with one attached hydrogen (secondary N) is 1. The van der Waals surface area contributed by atoms with Gasteiger partial charge in [0.25, 0.3) is 0 Å². The van der Waals surface area contributed by atoms with Crippen molar-refractivity contribution in [3.8, 4) is 0 Å². The summed E-state index contributed by atoms with van der Waals surface area (Å²) in [6.45, 7) is 3.20. The summed E-state index contributed by atoms with van der Waals surface area (Å²) < 4.78 is 22.5. The second-order valence-corrected chi connectivity index (χ2v) is 9.33. The van der Waals surface area contributed by atoms with Gasteiger partial charge in [0.05, 0.1) is 11.3 Å². The molecule has 166 valence electrons. The molecule has 2 aromatic carbocycles. The van der Waals surface area contributed by atoms with E-state index in [1.165, 1.54) is 24.3 Å². The molecule has 1 fully saturated rings. The van der Waals surface area contributed by atoms with Gasteiger partial charge in [0.2, 0.25) is 21.8 Å². The maximum absolute atomic E-state index is 12.5. The fourth-order valence-electron chi connectivity index (χ4n) is 3.35. The van der Waals surface area contributed by atoms with Crippen LogP contribution in [0, 0.1) is 0 Å². The molecule has 0 radical (unpaired) electrons. The lowest BCUT2D eigenvalue weighted by atomic mass is 10.1. The number of benzene rings is 2. The second kappa shape index (κ2) is 10.2. The van der Waals surface area contributed by atoms with Crippen molar-refractivity contribution in [2.45, 2.75) is 17.7 Å². The molecule has 0 bridgehead atoms. The van der Waals surface area contributed by atoms with Crippen molar-refractivity contribution in [2.75, 3.05) is 38.0 Å². The van der Waals surface area contributed by atoms with Gasteiger partial charge in [0.15, 0.2) is 0 Å². The van der Waals surface area contributed by atoms with Gasteiger partial charge in [0.1, 0.15) is 0 Å². The average Bonchev–Trinajstić information content (AvgIpc) is 2.74. The number of rotatable bonds is 7. The van der Waals surface area contributed by atoms with E-state index in [-0.39, 0.29) is 23.1 Å². The lowest BCUT2D eigenvalue weighted by Gasteiger charge is -2.34. The maximum Gasteiger partial charge on any atom is 0.238 e. The number of amides is 2. The molecule has 31 heavy (non-hydrogen) atoms. The van der Waals surface area contributed by atoms with Crippen LogP contribution in [0.5, 0.6) is 0 Å². The zero-order valence-corrected chi connectivity index (χ0v) is 18.5. The standard InChI is InChI=1S/C21H25ClN4O4S/c22-19-4-2-1-3-16(19)15-21(28)26-13-11-25(12-14-26)10-9-20(27)24-17-5-7-18(8-6-17)31(23,29)30/h1-8H,9-15H2,(H,24,27)(H2,23,29,30). The van der Waals surface area contributed by atoms with E-state index in [4.69, 9.17) is 16.7 Å². The number of hydrogen-bond acceptors (Lipinski definition) is 5. The van der Waals surface area contributed by atoms with Crippen LogP contribution < -0.4 is 10.5 Å². The van der Waals surface area contributed by atoms with Crippen LogP contribution >= 0.6 is 11.6 Å². The Morgan fingerprint density at radius 2 is 1.65 bits per heavy atom. The van der Waals surface area contributed by atoms with E-state index in [9.17, 15) is 18.0 Å². The van der Waals surface area contributed by atoms with Crippen LogP contribution in [0.2, 0.25) is 5.02 Å². The highest BCUT2D eigenvalue weighted by Crippen LogP contribution is 2.17. The number of sulfonamides is 1. The van der Waals surface area contributed by atoms with E-state index in [1.807, 2.05) is 23.1 Å². The molecule has 2 amide bonds. The van der Waals surface area contributed by atoms with Crippen LogP contribution in [0.4, 0.5) is 5.69 Å². The van der Waals surface area contributed by atoms with Gasteiger partial charge in [-0.2, -0.15) is 0 Å². The Kier molecular flexibility index (Phi) is 7.66. The number of primary sulfonamides is 1. The number of anilines is 1. The third kappa shape index (κ3) is 6.76. The van der Waals surface area contributed by atoms with Gasteiger partial charge in [-0.15, -0.1) is 0 Å². The summed E-state index contributed by atoms with van der Waals surface area (Å²) in [6, 6.07) is 13.0. The number of hydrogen-bond donors (Lipinski definition) is 2. The van der Waals surface area contributed by atoms with Crippen molar-refractivity contribution >= 4 is 39.1 Å². The van der Waals surface area contributed by atoms with Gasteiger partial charge in [-0.25, -0.2) is 13.6 Å². The summed E-state index contributed by atoms with van der Waals surface area (Å²) in [5.74, 6) is -0.117. The first kappa shape index (κ1) is 23.2. The minimum atomic E-state index is -3.76. The Balaban J connectivity index is 1.40. The zero-order valence-electron chi connectivity index (χ0n) is 17.0. The van der Waals surface area contributed by atoms with Gasteiger partial charge in [0, 0.05) is 49.9 Å². The minimum Gasteiger partial charge on any atom is -0.340 e. The molecule has 0 unspecified atom stereocenters. The summed E-state index contributed by atoms with van der Waals surface area (Å²) in [5.41, 5.74) is 1.33. The molecule has 1 aliphatic rings. The number of nitrogens with two attached hydrogens (primary N) is 1. The molecule has 1 heterocycles. The second-order valence-electron chi connectivity index (χ2n) is 7.36. The Hall–Kier alpha value is -2.46. The fraction of sp³-hybridized carbons (Fsp3) is 0.333. The summed E-state index contributed by atoms with van der Waals surface area (Å²) in [6.07, 6.45) is 0.580.